The van der Waals surface area contributed by atoms with Crippen LogP contribution < -0.4 is 5.73 Å². The zero-order chi connectivity index (χ0) is 16.4. The summed E-state index contributed by atoms with van der Waals surface area (Å²) in [5.74, 6) is 1.25. The first-order chi connectivity index (χ1) is 11.7. The lowest BCUT2D eigenvalue weighted by Gasteiger charge is -2.34. The van der Waals surface area contributed by atoms with E-state index < -0.39 is 5.54 Å². The fraction of sp³-hybridized carbons (Fsp3) is 0.263. The second-order valence-corrected chi connectivity index (χ2v) is 7.37. The quantitative estimate of drug-likeness (QED) is 0.704. The van der Waals surface area contributed by atoms with Crippen LogP contribution >= 0.6 is 11.8 Å². The second kappa shape index (κ2) is 6.42. The summed E-state index contributed by atoms with van der Waals surface area (Å²) in [5, 5.41) is 4.13. The number of hydrogen-bond acceptors (Lipinski definition) is 5. The van der Waals surface area contributed by atoms with Crippen molar-refractivity contribution in [3.63, 3.8) is 0 Å². The molecule has 1 saturated carbocycles. The molecule has 122 valence electrons. The van der Waals surface area contributed by atoms with Crippen LogP contribution in [0.15, 0.2) is 70.1 Å². The summed E-state index contributed by atoms with van der Waals surface area (Å²) >= 11 is 1.71. The molecule has 0 bridgehead atoms. The Morgan fingerprint density at radius 1 is 1.00 bits per heavy atom. The molecule has 2 N–H and O–H groups in total. The summed E-state index contributed by atoms with van der Waals surface area (Å²) in [4.78, 5) is 5.82. The monoisotopic (exact) mass is 337 g/mol. The molecule has 3 aromatic rings. The Morgan fingerprint density at radius 3 is 2.29 bits per heavy atom. The third-order valence-electron chi connectivity index (χ3n) is 4.46. The van der Waals surface area contributed by atoms with Gasteiger partial charge in [-0.2, -0.15) is 4.98 Å². The molecule has 1 aromatic heterocycles. The lowest BCUT2D eigenvalue weighted by Crippen LogP contribution is -2.44. The largest absolute Gasteiger partial charge is 0.338 e. The van der Waals surface area contributed by atoms with E-state index in [1.807, 2.05) is 36.4 Å². The molecule has 0 amide bonds. The predicted molar refractivity (Wildman–Crippen MR) is 94.6 cm³/mol. The molecule has 1 heterocycles. The van der Waals surface area contributed by atoms with Gasteiger partial charge in [-0.1, -0.05) is 53.7 Å². The molecule has 4 nitrogen and oxygen atoms in total. The van der Waals surface area contributed by atoms with Gasteiger partial charge in [0, 0.05) is 4.90 Å². The summed E-state index contributed by atoms with van der Waals surface area (Å²) < 4.78 is 5.61. The number of nitrogens with zero attached hydrogens (tertiary/aromatic N) is 2. The summed E-state index contributed by atoms with van der Waals surface area (Å²) in [6.07, 6.45) is 2.98. The van der Waals surface area contributed by atoms with E-state index in [1.54, 1.807) is 11.8 Å². The van der Waals surface area contributed by atoms with Crippen molar-refractivity contribution in [1.29, 1.82) is 0 Å². The first-order valence-corrected chi connectivity index (χ1v) is 9.02. The van der Waals surface area contributed by atoms with Gasteiger partial charge in [0.25, 0.3) is 0 Å². The number of thioether (sulfide) groups is 1. The highest BCUT2D eigenvalue weighted by Crippen LogP contribution is 2.42. The van der Waals surface area contributed by atoms with Crippen molar-refractivity contribution in [2.45, 2.75) is 34.9 Å². The average Bonchev–Trinajstić information content (AvgIpc) is 3.09. The van der Waals surface area contributed by atoms with Crippen LogP contribution in [-0.2, 0) is 5.54 Å². The Kier molecular flexibility index (Phi) is 4.12. The zero-order valence-electron chi connectivity index (χ0n) is 13.3. The van der Waals surface area contributed by atoms with E-state index in [-0.39, 0.29) is 5.25 Å². The van der Waals surface area contributed by atoms with Gasteiger partial charge in [0.1, 0.15) is 5.25 Å². The van der Waals surface area contributed by atoms with Gasteiger partial charge in [0.05, 0.1) is 5.54 Å². The van der Waals surface area contributed by atoms with E-state index in [2.05, 4.69) is 34.4 Å². The molecule has 4 rings (SSSR count). The highest BCUT2D eigenvalue weighted by Gasteiger charge is 2.39. The number of hydrogen-bond donors (Lipinski definition) is 1. The fourth-order valence-electron chi connectivity index (χ4n) is 2.85. The SMILES string of the molecule is NC1(c2noc(C(Sc3ccccc3)c3ccccc3)n2)CCC1. The minimum atomic E-state index is -0.402. The van der Waals surface area contributed by atoms with Crippen molar-refractivity contribution in [3.05, 3.63) is 77.9 Å². The molecule has 1 aliphatic rings. The van der Waals surface area contributed by atoms with Crippen LogP contribution in [0.1, 0.15) is 41.8 Å². The van der Waals surface area contributed by atoms with Gasteiger partial charge in [-0.25, -0.2) is 0 Å². The first-order valence-electron chi connectivity index (χ1n) is 8.14. The molecular weight excluding hydrogens is 318 g/mol. The minimum absolute atomic E-state index is 0.0430. The van der Waals surface area contributed by atoms with Gasteiger partial charge in [-0.15, -0.1) is 11.8 Å². The van der Waals surface area contributed by atoms with E-state index in [1.165, 1.54) is 0 Å². The maximum absolute atomic E-state index is 6.34. The molecular formula is C19H19N3OS. The van der Waals surface area contributed by atoms with Gasteiger partial charge < -0.3 is 10.3 Å². The van der Waals surface area contributed by atoms with Crippen LogP contribution in [-0.4, -0.2) is 10.1 Å². The average molecular weight is 337 g/mol. The molecule has 0 saturated heterocycles. The van der Waals surface area contributed by atoms with Crippen LogP contribution in [0.5, 0.6) is 0 Å². The molecule has 1 aliphatic carbocycles. The summed E-state index contributed by atoms with van der Waals surface area (Å²) in [6, 6.07) is 20.5. The molecule has 5 heteroatoms. The zero-order valence-corrected chi connectivity index (χ0v) is 14.1. The first kappa shape index (κ1) is 15.4. The molecule has 0 spiro atoms. The molecule has 0 aliphatic heterocycles. The lowest BCUT2D eigenvalue weighted by atomic mass is 9.77. The molecule has 2 aromatic carbocycles. The third-order valence-corrected chi connectivity index (χ3v) is 5.71. The molecule has 1 unspecified atom stereocenters. The van der Waals surface area contributed by atoms with E-state index in [0.717, 1.165) is 29.7 Å². The summed E-state index contributed by atoms with van der Waals surface area (Å²) in [6.45, 7) is 0. The highest BCUT2D eigenvalue weighted by molar-refractivity contribution is 7.99. The van der Waals surface area contributed by atoms with Gasteiger partial charge in [-0.3, -0.25) is 0 Å². The topological polar surface area (TPSA) is 64.9 Å². The van der Waals surface area contributed by atoms with Crippen LogP contribution in [0.25, 0.3) is 0 Å². The molecule has 1 fully saturated rings. The van der Waals surface area contributed by atoms with Crippen LogP contribution in [0.2, 0.25) is 0 Å². The van der Waals surface area contributed by atoms with E-state index in [9.17, 15) is 0 Å². The molecule has 0 radical (unpaired) electrons. The molecule has 24 heavy (non-hydrogen) atoms. The number of rotatable bonds is 5. The van der Waals surface area contributed by atoms with E-state index in [4.69, 9.17) is 10.3 Å². The smallest absolute Gasteiger partial charge is 0.244 e. The van der Waals surface area contributed by atoms with Crippen LogP contribution in [0, 0.1) is 0 Å². The van der Waals surface area contributed by atoms with Crippen molar-refractivity contribution in [2.24, 2.45) is 5.73 Å². The van der Waals surface area contributed by atoms with Crippen molar-refractivity contribution < 1.29 is 4.52 Å². The summed E-state index contributed by atoms with van der Waals surface area (Å²) in [7, 11) is 0. The second-order valence-electron chi connectivity index (χ2n) is 6.19. The summed E-state index contributed by atoms with van der Waals surface area (Å²) in [5.41, 5.74) is 7.07. The maximum atomic E-state index is 6.34. The highest BCUT2D eigenvalue weighted by atomic mass is 32.2. The van der Waals surface area contributed by atoms with Crippen molar-refractivity contribution in [3.8, 4) is 0 Å². The Bertz CT molecular complexity index is 800. The minimum Gasteiger partial charge on any atom is -0.338 e. The number of aromatic nitrogens is 2. The fourth-order valence-corrected chi connectivity index (χ4v) is 3.93. The van der Waals surface area contributed by atoms with E-state index in [0.29, 0.717) is 11.7 Å². The van der Waals surface area contributed by atoms with Crippen molar-refractivity contribution >= 4 is 11.8 Å². The van der Waals surface area contributed by atoms with Gasteiger partial charge in [0.2, 0.25) is 5.89 Å². The Morgan fingerprint density at radius 2 is 1.67 bits per heavy atom. The Hall–Kier alpha value is -2.11. The van der Waals surface area contributed by atoms with Gasteiger partial charge in [-0.05, 0) is 37.0 Å². The number of benzene rings is 2. The number of nitrogens with two attached hydrogens (primary N) is 1. The van der Waals surface area contributed by atoms with Gasteiger partial charge in [0.15, 0.2) is 5.82 Å². The predicted octanol–water partition coefficient (Wildman–Crippen LogP) is 4.29. The van der Waals surface area contributed by atoms with E-state index >= 15 is 0 Å². The standard InChI is InChI=1S/C19H19N3OS/c20-19(12-7-13-19)18-21-17(23-22-18)16(14-8-3-1-4-9-14)24-15-10-5-2-6-11-15/h1-6,8-11,16H,7,12-13,20H2. The van der Waals surface area contributed by atoms with Crippen LogP contribution in [0.4, 0.5) is 0 Å². The lowest BCUT2D eigenvalue weighted by molar-refractivity contribution is 0.229. The third kappa shape index (κ3) is 2.97. The van der Waals surface area contributed by atoms with Crippen molar-refractivity contribution in [1.82, 2.24) is 10.1 Å². The Labute approximate surface area is 145 Å². The maximum Gasteiger partial charge on any atom is 0.244 e. The van der Waals surface area contributed by atoms with Crippen molar-refractivity contribution in [2.75, 3.05) is 0 Å². The normalized spacial score (nSPS) is 17.2. The molecule has 1 atom stereocenters. The van der Waals surface area contributed by atoms with Crippen LogP contribution in [0.3, 0.4) is 0 Å². The Balaban J connectivity index is 1.67. The van der Waals surface area contributed by atoms with Gasteiger partial charge >= 0.3 is 0 Å².